The number of aryl methyl sites for hydroxylation is 1. The van der Waals surface area contributed by atoms with Crippen molar-refractivity contribution in [3.05, 3.63) is 44.8 Å². The van der Waals surface area contributed by atoms with Gasteiger partial charge in [-0.1, -0.05) is 30.5 Å². The molecule has 2 aliphatic heterocycles. The Hall–Kier alpha value is -0.770. The van der Waals surface area contributed by atoms with Gasteiger partial charge in [0, 0.05) is 22.4 Å². The van der Waals surface area contributed by atoms with E-state index in [-0.39, 0.29) is 17.5 Å². The van der Waals surface area contributed by atoms with Crippen molar-refractivity contribution in [1.29, 1.82) is 0 Å². The summed E-state index contributed by atoms with van der Waals surface area (Å²) in [6.45, 7) is 11.7. The fourth-order valence-corrected chi connectivity index (χ4v) is 11.8. The number of hydrogen-bond acceptors (Lipinski definition) is 7. The second kappa shape index (κ2) is 8.78. The number of H-pyrrole nitrogens is 1. The predicted molar refractivity (Wildman–Crippen MR) is 127 cm³/mol. The van der Waals surface area contributed by atoms with Gasteiger partial charge in [0.05, 0.1) is 18.8 Å². The van der Waals surface area contributed by atoms with Crippen LogP contribution in [0.15, 0.2) is 27.9 Å². The molecule has 0 radical (unpaired) electrons. The second-order valence-corrected chi connectivity index (χ2v) is 16.0. The van der Waals surface area contributed by atoms with Gasteiger partial charge in [0.25, 0.3) is 5.56 Å². The standard InChI is InChI=1S/C21H30FN2O5PS2/c1-11(2)14-6-7-21(5)16(8-14)29-30(31,32-21)27-10-15-13(4)17(22)19(28-15)24-9-12(3)18(25)23-20(24)26/h9,13-17,19H,1,6-8,10H2,2-5H3,(H,23,25,26)/t13-,14-,15-,16+,17-,19-,21+,30+/m1/s1. The molecule has 2 saturated heterocycles. The van der Waals surface area contributed by atoms with Crippen molar-refractivity contribution in [2.45, 2.75) is 76.3 Å². The third-order valence-corrected chi connectivity index (χ3v) is 12.8. The van der Waals surface area contributed by atoms with Gasteiger partial charge >= 0.3 is 5.69 Å². The maximum Gasteiger partial charge on any atom is 0.330 e. The van der Waals surface area contributed by atoms with E-state index in [2.05, 4.69) is 25.4 Å². The number of aromatic nitrogens is 2. The van der Waals surface area contributed by atoms with Crippen LogP contribution in [0.5, 0.6) is 0 Å². The monoisotopic (exact) mass is 504 g/mol. The van der Waals surface area contributed by atoms with E-state index in [1.807, 2.05) is 0 Å². The molecule has 0 unspecified atom stereocenters. The minimum atomic E-state index is -2.61. The van der Waals surface area contributed by atoms with Crippen molar-refractivity contribution in [2.24, 2.45) is 11.8 Å². The Labute approximate surface area is 196 Å². The maximum atomic E-state index is 15.1. The first-order valence-corrected chi connectivity index (χ1v) is 14.9. The van der Waals surface area contributed by atoms with Crippen LogP contribution in [0.3, 0.4) is 0 Å². The molecule has 1 saturated carbocycles. The Morgan fingerprint density at radius 3 is 2.94 bits per heavy atom. The second-order valence-electron chi connectivity index (χ2n) is 9.41. The number of halogens is 1. The zero-order valence-corrected chi connectivity index (χ0v) is 21.2. The van der Waals surface area contributed by atoms with Crippen LogP contribution in [-0.4, -0.2) is 39.3 Å². The van der Waals surface area contributed by atoms with Crippen LogP contribution in [0.1, 0.15) is 51.8 Å². The van der Waals surface area contributed by atoms with E-state index in [0.29, 0.717) is 11.5 Å². The van der Waals surface area contributed by atoms with Crippen molar-refractivity contribution in [3.63, 3.8) is 0 Å². The van der Waals surface area contributed by atoms with Gasteiger partial charge in [-0.3, -0.25) is 14.3 Å². The highest BCUT2D eigenvalue weighted by atomic mass is 32.9. The summed E-state index contributed by atoms with van der Waals surface area (Å²) >= 11 is 7.41. The van der Waals surface area contributed by atoms with Crippen molar-refractivity contribution in [2.75, 3.05) is 6.61 Å². The molecule has 3 fully saturated rings. The highest BCUT2D eigenvalue weighted by molar-refractivity contribution is 8.68. The lowest BCUT2D eigenvalue weighted by atomic mass is 9.77. The highest BCUT2D eigenvalue weighted by Crippen LogP contribution is 2.75. The van der Waals surface area contributed by atoms with E-state index in [0.717, 1.165) is 23.8 Å². The summed E-state index contributed by atoms with van der Waals surface area (Å²) < 4.78 is 34.4. The first kappa shape index (κ1) is 24.4. The molecule has 7 nitrogen and oxygen atoms in total. The summed E-state index contributed by atoms with van der Waals surface area (Å²) in [6, 6.07) is 0. The molecule has 1 aromatic heterocycles. The molecule has 0 spiro atoms. The first-order valence-electron chi connectivity index (χ1n) is 10.8. The van der Waals surface area contributed by atoms with E-state index in [4.69, 9.17) is 25.6 Å². The van der Waals surface area contributed by atoms with Gasteiger partial charge in [0.1, 0.15) is 0 Å². The summed E-state index contributed by atoms with van der Waals surface area (Å²) in [5.74, 6) is -0.0838. The third kappa shape index (κ3) is 4.46. The zero-order valence-electron chi connectivity index (χ0n) is 18.7. The lowest BCUT2D eigenvalue weighted by Crippen LogP contribution is -2.39. The number of aromatic amines is 1. The predicted octanol–water partition coefficient (Wildman–Crippen LogP) is 4.22. The van der Waals surface area contributed by atoms with Gasteiger partial charge in [-0.25, -0.2) is 9.18 Å². The molecular weight excluding hydrogens is 474 g/mol. The Bertz CT molecular complexity index is 1080. The summed E-state index contributed by atoms with van der Waals surface area (Å²) in [5.41, 5.74) is -2.33. The number of allylic oxidation sites excluding steroid dienone is 1. The van der Waals surface area contributed by atoms with Crippen LogP contribution in [0, 0.1) is 18.8 Å². The summed E-state index contributed by atoms with van der Waals surface area (Å²) in [7, 11) is 0. The van der Waals surface area contributed by atoms with E-state index >= 15 is 4.39 Å². The smallest absolute Gasteiger partial charge is 0.330 e. The molecule has 0 amide bonds. The first-order chi connectivity index (χ1) is 14.9. The number of ether oxygens (including phenoxy) is 1. The Morgan fingerprint density at radius 2 is 2.25 bits per heavy atom. The molecule has 3 aliphatic rings. The quantitative estimate of drug-likeness (QED) is 0.475. The summed E-state index contributed by atoms with van der Waals surface area (Å²) in [5, 5.41) is 0. The van der Waals surface area contributed by atoms with Crippen molar-refractivity contribution in [3.8, 4) is 0 Å². The molecule has 8 atom stereocenters. The third-order valence-electron chi connectivity index (χ3n) is 6.93. The molecule has 4 rings (SSSR count). The van der Waals surface area contributed by atoms with E-state index in [9.17, 15) is 9.59 Å². The molecule has 0 bridgehead atoms. The lowest BCUT2D eigenvalue weighted by molar-refractivity contribution is -0.0386. The van der Waals surface area contributed by atoms with Crippen LogP contribution < -0.4 is 11.2 Å². The normalized spacial score (nSPS) is 41.5. The maximum absolute atomic E-state index is 15.1. The van der Waals surface area contributed by atoms with Crippen molar-refractivity contribution < 1.29 is 18.2 Å². The van der Waals surface area contributed by atoms with Crippen molar-refractivity contribution in [1.82, 2.24) is 9.55 Å². The Balaban J connectivity index is 1.44. The molecule has 3 heterocycles. The fraction of sp³-hybridized carbons (Fsp3) is 0.714. The molecule has 1 aromatic rings. The number of alkyl halides is 1. The van der Waals surface area contributed by atoms with Gasteiger partial charge in [0.15, 0.2) is 12.4 Å². The average Bonchev–Trinajstić information content (AvgIpc) is 3.15. The zero-order chi connectivity index (χ0) is 23.4. The number of nitrogens with zero attached hydrogens (tertiary/aromatic N) is 1. The van der Waals surface area contributed by atoms with Gasteiger partial charge in [-0.15, -0.1) is 0 Å². The molecular formula is C21H30FN2O5PS2. The fourth-order valence-electron chi connectivity index (χ4n) is 4.64. The highest BCUT2D eigenvalue weighted by Gasteiger charge is 2.54. The number of fused-ring (bicyclic) bond motifs is 1. The topological polar surface area (TPSA) is 82.5 Å². The van der Waals surface area contributed by atoms with Crippen LogP contribution in [-0.2, 0) is 25.6 Å². The SMILES string of the molecule is C=C(C)[C@@H]1CC[C@]2(C)S[P@@](=S)(OC[C@H]3O[C@@H](n4cc(C)c(=O)[nH]c4=O)[C@H](F)[C@@H]3C)O[C@H]2C1. The molecule has 1 aliphatic carbocycles. The molecule has 0 aromatic carbocycles. The van der Waals surface area contributed by atoms with E-state index in [1.165, 1.54) is 11.8 Å². The average molecular weight is 505 g/mol. The van der Waals surface area contributed by atoms with Crippen LogP contribution in [0.4, 0.5) is 4.39 Å². The Kier molecular flexibility index (Phi) is 6.68. The molecule has 32 heavy (non-hydrogen) atoms. The van der Waals surface area contributed by atoms with E-state index in [1.54, 1.807) is 25.2 Å². The minimum absolute atomic E-state index is 0.0140. The number of nitrogens with one attached hydrogen (secondary N) is 1. The van der Waals surface area contributed by atoms with Gasteiger partial charge in [-0.2, -0.15) is 0 Å². The van der Waals surface area contributed by atoms with Gasteiger partial charge in [-0.05, 0) is 57.8 Å². The van der Waals surface area contributed by atoms with Gasteiger partial charge < -0.3 is 13.8 Å². The number of rotatable bonds is 5. The van der Waals surface area contributed by atoms with Gasteiger partial charge in [0.2, 0.25) is 5.69 Å². The number of hydrogen-bond donors (Lipinski definition) is 1. The largest absolute Gasteiger partial charge is 0.349 e. The van der Waals surface area contributed by atoms with Crippen LogP contribution in [0.2, 0.25) is 0 Å². The van der Waals surface area contributed by atoms with Crippen molar-refractivity contribution >= 4 is 28.9 Å². The molecule has 1 N–H and O–H groups in total. The minimum Gasteiger partial charge on any atom is -0.349 e. The Morgan fingerprint density at radius 1 is 1.53 bits per heavy atom. The van der Waals surface area contributed by atoms with E-state index < -0.39 is 41.4 Å². The van der Waals surface area contributed by atoms with Crippen LogP contribution in [0.25, 0.3) is 0 Å². The lowest BCUT2D eigenvalue weighted by Gasteiger charge is -2.37. The van der Waals surface area contributed by atoms with Crippen LogP contribution >= 0.6 is 17.1 Å². The molecule has 11 heteroatoms. The summed E-state index contributed by atoms with van der Waals surface area (Å²) in [4.78, 5) is 26.0. The molecule has 178 valence electrons. The summed E-state index contributed by atoms with van der Waals surface area (Å²) in [6.07, 6.45) is 1.14.